The highest BCUT2D eigenvalue weighted by molar-refractivity contribution is 5.73. The maximum Gasteiger partial charge on any atom is 0.217 e. The second-order valence-electron chi connectivity index (χ2n) is 3.26. The van der Waals surface area contributed by atoms with E-state index < -0.39 is 0 Å². The Morgan fingerprint density at radius 1 is 1.29 bits per heavy atom. The molecular weight excluding hydrogens is 178 g/mol. The number of primary amides is 1. The number of aryl methyl sites for hydroxylation is 1. The van der Waals surface area contributed by atoms with Crippen molar-refractivity contribution in [3.05, 3.63) is 35.4 Å². The Morgan fingerprint density at radius 3 is 2.50 bits per heavy atom. The van der Waals surface area contributed by atoms with Gasteiger partial charge in [0.1, 0.15) is 0 Å². The van der Waals surface area contributed by atoms with Crippen LogP contribution < -0.4 is 5.73 Å². The van der Waals surface area contributed by atoms with Crippen molar-refractivity contribution in [1.29, 1.82) is 0 Å². The van der Waals surface area contributed by atoms with Gasteiger partial charge in [-0.3, -0.25) is 4.79 Å². The van der Waals surface area contributed by atoms with Gasteiger partial charge in [-0.05, 0) is 24.0 Å². The second kappa shape index (κ2) is 5.40. The molecule has 1 aromatic carbocycles. The van der Waals surface area contributed by atoms with Crippen LogP contribution in [0.1, 0.15) is 17.5 Å². The third kappa shape index (κ3) is 3.58. The van der Waals surface area contributed by atoms with Crippen molar-refractivity contribution in [1.82, 2.24) is 0 Å². The summed E-state index contributed by atoms with van der Waals surface area (Å²) in [6, 6.07) is 7.86. The van der Waals surface area contributed by atoms with E-state index in [1.807, 2.05) is 24.3 Å². The molecule has 1 rings (SSSR count). The van der Waals surface area contributed by atoms with Gasteiger partial charge < -0.3 is 10.8 Å². The number of aliphatic hydroxyl groups is 1. The average Bonchev–Trinajstić information content (AvgIpc) is 2.16. The Balaban J connectivity index is 2.58. The molecule has 3 nitrogen and oxygen atoms in total. The topological polar surface area (TPSA) is 63.3 Å². The highest BCUT2D eigenvalue weighted by Gasteiger charge is 1.98. The van der Waals surface area contributed by atoms with Crippen LogP contribution in [0.15, 0.2) is 24.3 Å². The molecule has 14 heavy (non-hydrogen) atoms. The fourth-order valence-electron chi connectivity index (χ4n) is 1.34. The average molecular weight is 193 g/mol. The molecule has 0 radical (unpaired) electrons. The van der Waals surface area contributed by atoms with Gasteiger partial charge in [0.05, 0.1) is 0 Å². The third-order valence-electron chi connectivity index (χ3n) is 2.05. The molecule has 1 aromatic rings. The molecule has 3 N–H and O–H groups in total. The van der Waals surface area contributed by atoms with Gasteiger partial charge in [0, 0.05) is 13.0 Å². The zero-order valence-electron chi connectivity index (χ0n) is 8.07. The minimum absolute atomic E-state index is 0.152. The molecule has 0 aliphatic heterocycles. The quantitative estimate of drug-likeness (QED) is 0.720. The fraction of sp³-hybridized carbons (Fsp3) is 0.364. The maximum atomic E-state index is 10.6. The van der Waals surface area contributed by atoms with Gasteiger partial charge in [-0.1, -0.05) is 24.3 Å². The first kappa shape index (κ1) is 10.7. The summed E-state index contributed by atoms with van der Waals surface area (Å²) in [5.41, 5.74) is 7.24. The minimum Gasteiger partial charge on any atom is -0.396 e. The molecule has 3 heteroatoms. The van der Waals surface area contributed by atoms with Gasteiger partial charge in [0.2, 0.25) is 5.91 Å². The summed E-state index contributed by atoms with van der Waals surface area (Å²) in [4.78, 5) is 10.6. The van der Waals surface area contributed by atoms with Gasteiger partial charge in [0.15, 0.2) is 0 Å². The minimum atomic E-state index is -0.280. The number of hydrogen-bond acceptors (Lipinski definition) is 2. The van der Waals surface area contributed by atoms with Crippen molar-refractivity contribution >= 4 is 5.91 Å². The molecule has 0 aromatic heterocycles. The molecule has 0 heterocycles. The molecule has 0 aliphatic rings. The number of rotatable bonds is 5. The SMILES string of the molecule is NC(=O)CCc1cccc(CCO)c1. The van der Waals surface area contributed by atoms with Gasteiger partial charge in [-0.15, -0.1) is 0 Å². The molecule has 0 saturated heterocycles. The molecule has 0 unspecified atom stereocenters. The number of hydrogen-bond donors (Lipinski definition) is 2. The van der Waals surface area contributed by atoms with Crippen molar-refractivity contribution in [3.8, 4) is 0 Å². The van der Waals surface area contributed by atoms with E-state index in [1.165, 1.54) is 0 Å². The number of benzene rings is 1. The van der Waals surface area contributed by atoms with E-state index >= 15 is 0 Å². The number of amides is 1. The van der Waals surface area contributed by atoms with Gasteiger partial charge in [0.25, 0.3) is 0 Å². The van der Waals surface area contributed by atoms with Crippen LogP contribution in [0, 0.1) is 0 Å². The Labute approximate surface area is 83.6 Å². The monoisotopic (exact) mass is 193 g/mol. The van der Waals surface area contributed by atoms with E-state index in [4.69, 9.17) is 10.8 Å². The van der Waals surface area contributed by atoms with E-state index in [1.54, 1.807) is 0 Å². The zero-order valence-corrected chi connectivity index (χ0v) is 8.07. The van der Waals surface area contributed by atoms with Gasteiger partial charge in [-0.2, -0.15) is 0 Å². The Hall–Kier alpha value is -1.35. The first-order valence-corrected chi connectivity index (χ1v) is 4.69. The molecule has 0 fully saturated rings. The first-order valence-electron chi connectivity index (χ1n) is 4.69. The molecule has 0 spiro atoms. The summed E-state index contributed by atoms with van der Waals surface area (Å²) in [5.74, 6) is -0.280. The molecule has 0 bridgehead atoms. The van der Waals surface area contributed by atoms with Crippen molar-refractivity contribution in [3.63, 3.8) is 0 Å². The summed E-state index contributed by atoms with van der Waals surface area (Å²) in [7, 11) is 0. The second-order valence-corrected chi connectivity index (χ2v) is 3.26. The number of nitrogens with two attached hydrogens (primary N) is 1. The van der Waals surface area contributed by atoms with Crippen molar-refractivity contribution in [2.45, 2.75) is 19.3 Å². The molecule has 0 aliphatic carbocycles. The standard InChI is InChI=1S/C11H15NO2/c12-11(14)5-4-9-2-1-3-10(8-9)6-7-13/h1-3,8,13H,4-7H2,(H2,12,14). The lowest BCUT2D eigenvalue weighted by molar-refractivity contribution is -0.117. The highest BCUT2D eigenvalue weighted by Crippen LogP contribution is 2.07. The zero-order chi connectivity index (χ0) is 10.4. The van der Waals surface area contributed by atoms with Crippen LogP contribution in [0.5, 0.6) is 0 Å². The summed E-state index contributed by atoms with van der Waals surface area (Å²) in [6.45, 7) is 0.152. The van der Waals surface area contributed by atoms with E-state index in [9.17, 15) is 4.79 Å². The summed E-state index contributed by atoms with van der Waals surface area (Å²) >= 11 is 0. The van der Waals surface area contributed by atoms with Crippen LogP contribution in [0.3, 0.4) is 0 Å². The van der Waals surface area contributed by atoms with Crippen LogP contribution in [0.2, 0.25) is 0 Å². The number of aliphatic hydroxyl groups excluding tert-OH is 1. The summed E-state index contributed by atoms with van der Waals surface area (Å²) in [5, 5.41) is 8.75. The molecule has 0 atom stereocenters. The molecule has 0 saturated carbocycles. The fourth-order valence-corrected chi connectivity index (χ4v) is 1.34. The van der Waals surface area contributed by atoms with Gasteiger partial charge >= 0.3 is 0 Å². The lowest BCUT2D eigenvalue weighted by atomic mass is 10.0. The first-order chi connectivity index (χ1) is 6.72. The van der Waals surface area contributed by atoms with Crippen LogP contribution in [-0.2, 0) is 17.6 Å². The van der Waals surface area contributed by atoms with Crippen LogP contribution in [-0.4, -0.2) is 17.6 Å². The normalized spacial score (nSPS) is 10.1. The molecule has 1 amide bonds. The molecular formula is C11H15NO2. The Bertz CT molecular complexity index is 310. The van der Waals surface area contributed by atoms with E-state index in [0.717, 1.165) is 11.1 Å². The smallest absolute Gasteiger partial charge is 0.217 e. The molecule has 76 valence electrons. The number of carbonyl (C=O) groups excluding carboxylic acids is 1. The lowest BCUT2D eigenvalue weighted by Crippen LogP contribution is -2.11. The van der Waals surface area contributed by atoms with E-state index in [2.05, 4.69) is 0 Å². The van der Waals surface area contributed by atoms with E-state index in [-0.39, 0.29) is 12.5 Å². The Morgan fingerprint density at radius 2 is 1.93 bits per heavy atom. The predicted octanol–water partition coefficient (Wildman–Crippen LogP) is 0.639. The highest BCUT2D eigenvalue weighted by atomic mass is 16.2. The van der Waals surface area contributed by atoms with Crippen LogP contribution in [0.4, 0.5) is 0 Å². The number of carbonyl (C=O) groups is 1. The lowest BCUT2D eigenvalue weighted by Gasteiger charge is -2.02. The summed E-state index contributed by atoms with van der Waals surface area (Å²) in [6.07, 6.45) is 1.71. The van der Waals surface area contributed by atoms with Gasteiger partial charge in [-0.25, -0.2) is 0 Å². The van der Waals surface area contributed by atoms with Crippen molar-refractivity contribution in [2.24, 2.45) is 5.73 Å². The van der Waals surface area contributed by atoms with Crippen LogP contribution >= 0.6 is 0 Å². The van der Waals surface area contributed by atoms with Crippen molar-refractivity contribution in [2.75, 3.05) is 6.61 Å². The predicted molar refractivity (Wildman–Crippen MR) is 54.7 cm³/mol. The third-order valence-corrected chi connectivity index (χ3v) is 2.05. The van der Waals surface area contributed by atoms with Crippen LogP contribution in [0.25, 0.3) is 0 Å². The van der Waals surface area contributed by atoms with Crippen molar-refractivity contribution < 1.29 is 9.90 Å². The maximum absolute atomic E-state index is 10.6. The Kier molecular flexibility index (Phi) is 4.13. The van der Waals surface area contributed by atoms with E-state index in [0.29, 0.717) is 19.3 Å². The largest absolute Gasteiger partial charge is 0.396 e. The summed E-state index contributed by atoms with van der Waals surface area (Å²) < 4.78 is 0.